The predicted molar refractivity (Wildman–Crippen MR) is 105 cm³/mol. The number of rotatable bonds is 8. The minimum Gasteiger partial charge on any atom is -0.493 e. The summed E-state index contributed by atoms with van der Waals surface area (Å²) in [7, 11) is -0.774. The summed E-state index contributed by atoms with van der Waals surface area (Å²) in [5, 5.41) is 0. The van der Waals surface area contributed by atoms with E-state index in [0.29, 0.717) is 31.0 Å². The van der Waals surface area contributed by atoms with Crippen molar-refractivity contribution in [3.05, 3.63) is 54.1 Å². The van der Waals surface area contributed by atoms with E-state index in [1.165, 1.54) is 26.4 Å². The highest BCUT2D eigenvalue weighted by Crippen LogP contribution is 2.29. The van der Waals surface area contributed by atoms with Gasteiger partial charge in [-0.3, -0.25) is 4.79 Å². The number of ether oxygens (including phenoxy) is 2. The summed E-state index contributed by atoms with van der Waals surface area (Å²) >= 11 is 0. The van der Waals surface area contributed by atoms with Crippen LogP contribution in [0.4, 0.5) is 0 Å². The van der Waals surface area contributed by atoms with Crippen LogP contribution >= 0.6 is 0 Å². The Labute approximate surface area is 165 Å². The van der Waals surface area contributed by atoms with Crippen molar-refractivity contribution in [1.82, 2.24) is 9.62 Å². The number of nitrogens with zero attached hydrogens (tertiary/aromatic N) is 1. The number of carbonyl (C=O) groups is 1. The van der Waals surface area contributed by atoms with Gasteiger partial charge in [0.2, 0.25) is 15.9 Å². The fraction of sp³-hybridized carbons (Fsp3) is 0.350. The van der Waals surface area contributed by atoms with Crippen molar-refractivity contribution < 1.29 is 22.7 Å². The van der Waals surface area contributed by atoms with Crippen LogP contribution in [0.1, 0.15) is 12.0 Å². The number of carbonyl (C=O) groups excluding carboxylic acids is 1. The van der Waals surface area contributed by atoms with E-state index in [0.717, 1.165) is 5.56 Å². The van der Waals surface area contributed by atoms with Crippen molar-refractivity contribution in [1.29, 1.82) is 0 Å². The molecule has 8 heteroatoms. The van der Waals surface area contributed by atoms with Gasteiger partial charge >= 0.3 is 0 Å². The Morgan fingerprint density at radius 2 is 1.79 bits per heavy atom. The smallest absolute Gasteiger partial charge is 0.240 e. The number of benzene rings is 2. The van der Waals surface area contributed by atoms with Crippen molar-refractivity contribution in [2.45, 2.75) is 17.9 Å². The minimum absolute atomic E-state index is 0.0409. The predicted octanol–water partition coefficient (Wildman–Crippen LogP) is 2.03. The molecule has 0 aliphatic carbocycles. The first-order chi connectivity index (χ1) is 13.4. The lowest BCUT2D eigenvalue weighted by molar-refractivity contribution is -0.128. The average molecular weight is 404 g/mol. The van der Waals surface area contributed by atoms with Gasteiger partial charge in [-0.15, -0.1) is 0 Å². The number of methoxy groups -OCH3 is 2. The molecule has 2 aromatic carbocycles. The first kappa shape index (κ1) is 20.2. The van der Waals surface area contributed by atoms with Gasteiger partial charge in [0.05, 0.1) is 19.1 Å². The molecule has 7 nitrogen and oxygen atoms in total. The summed E-state index contributed by atoms with van der Waals surface area (Å²) in [4.78, 5) is 14.1. The minimum atomic E-state index is -3.71. The van der Waals surface area contributed by atoms with Crippen LogP contribution in [0.15, 0.2) is 53.4 Å². The number of sulfonamides is 1. The van der Waals surface area contributed by atoms with Crippen molar-refractivity contribution in [2.75, 3.05) is 27.3 Å². The van der Waals surface area contributed by atoms with E-state index in [1.807, 2.05) is 30.3 Å². The molecule has 3 rings (SSSR count). The van der Waals surface area contributed by atoms with Crippen LogP contribution in [-0.4, -0.2) is 46.5 Å². The Morgan fingerprint density at radius 3 is 2.46 bits per heavy atom. The van der Waals surface area contributed by atoms with Gasteiger partial charge in [0.1, 0.15) is 0 Å². The SMILES string of the molecule is COc1ccc(S(=O)(=O)NCC2CC(=O)N(Cc3ccccc3)C2)cc1OC. The normalized spacial score (nSPS) is 17.0. The molecule has 1 fully saturated rings. The summed E-state index contributed by atoms with van der Waals surface area (Å²) < 4.78 is 38.1. The zero-order valence-electron chi connectivity index (χ0n) is 15.9. The molecule has 0 aromatic heterocycles. The van der Waals surface area contributed by atoms with E-state index >= 15 is 0 Å². The molecule has 1 saturated heterocycles. The van der Waals surface area contributed by atoms with E-state index in [-0.39, 0.29) is 23.3 Å². The van der Waals surface area contributed by atoms with Crippen molar-refractivity contribution >= 4 is 15.9 Å². The van der Waals surface area contributed by atoms with Crippen LogP contribution in [0.2, 0.25) is 0 Å². The van der Waals surface area contributed by atoms with Crippen LogP contribution < -0.4 is 14.2 Å². The molecule has 1 heterocycles. The zero-order valence-corrected chi connectivity index (χ0v) is 16.7. The van der Waals surface area contributed by atoms with Crippen LogP contribution in [-0.2, 0) is 21.4 Å². The molecule has 1 aliphatic rings. The fourth-order valence-electron chi connectivity index (χ4n) is 3.24. The molecule has 28 heavy (non-hydrogen) atoms. The molecule has 150 valence electrons. The summed E-state index contributed by atoms with van der Waals surface area (Å²) in [5.41, 5.74) is 1.06. The van der Waals surface area contributed by atoms with Crippen molar-refractivity contribution in [3.8, 4) is 11.5 Å². The second kappa shape index (κ2) is 8.62. The summed E-state index contributed by atoms with van der Waals surface area (Å²) in [5.74, 6) is 0.778. The van der Waals surface area contributed by atoms with Gasteiger partial charge in [-0.2, -0.15) is 0 Å². The Bertz CT molecular complexity index is 931. The maximum Gasteiger partial charge on any atom is 0.240 e. The monoisotopic (exact) mass is 404 g/mol. The molecule has 0 radical (unpaired) electrons. The molecule has 0 saturated carbocycles. The summed E-state index contributed by atoms with van der Waals surface area (Å²) in [6.45, 7) is 1.27. The average Bonchev–Trinajstić information content (AvgIpc) is 3.06. The van der Waals surface area contributed by atoms with E-state index in [2.05, 4.69) is 4.72 Å². The molecule has 0 bridgehead atoms. The van der Waals surface area contributed by atoms with Gasteiger partial charge in [0.25, 0.3) is 0 Å². The number of amides is 1. The lowest BCUT2D eigenvalue weighted by atomic mass is 10.1. The van der Waals surface area contributed by atoms with E-state index in [9.17, 15) is 13.2 Å². The highest BCUT2D eigenvalue weighted by atomic mass is 32.2. The fourth-order valence-corrected chi connectivity index (χ4v) is 4.37. The molecule has 2 aromatic rings. The maximum absolute atomic E-state index is 12.6. The molecule has 1 aliphatic heterocycles. The number of likely N-dealkylation sites (tertiary alicyclic amines) is 1. The molecule has 1 unspecified atom stereocenters. The van der Waals surface area contributed by atoms with Crippen LogP contribution in [0.5, 0.6) is 11.5 Å². The standard InChI is InChI=1S/C20H24N2O5S/c1-26-18-9-8-17(11-19(18)27-2)28(24,25)21-12-16-10-20(23)22(14-16)13-15-6-4-3-5-7-15/h3-9,11,16,21H,10,12-14H2,1-2H3. The Morgan fingerprint density at radius 1 is 1.07 bits per heavy atom. The van der Waals surface area contributed by atoms with Gasteiger partial charge in [0, 0.05) is 32.1 Å². The van der Waals surface area contributed by atoms with E-state index in [4.69, 9.17) is 9.47 Å². The van der Waals surface area contributed by atoms with Crippen molar-refractivity contribution in [3.63, 3.8) is 0 Å². The quantitative estimate of drug-likeness (QED) is 0.728. The zero-order chi connectivity index (χ0) is 20.1. The molecular weight excluding hydrogens is 380 g/mol. The van der Waals surface area contributed by atoms with Crippen molar-refractivity contribution in [2.24, 2.45) is 5.92 Å². The molecule has 1 atom stereocenters. The van der Waals surface area contributed by atoms with Crippen LogP contribution in [0, 0.1) is 5.92 Å². The van der Waals surface area contributed by atoms with E-state index < -0.39 is 10.0 Å². The van der Waals surface area contributed by atoms with Gasteiger partial charge in [-0.25, -0.2) is 13.1 Å². The number of hydrogen-bond donors (Lipinski definition) is 1. The summed E-state index contributed by atoms with van der Waals surface area (Å²) in [6.07, 6.45) is 0.335. The lowest BCUT2D eigenvalue weighted by Gasteiger charge is -2.17. The topological polar surface area (TPSA) is 84.9 Å². The first-order valence-electron chi connectivity index (χ1n) is 8.96. The third-order valence-electron chi connectivity index (χ3n) is 4.74. The van der Waals surface area contributed by atoms with Gasteiger partial charge in [0.15, 0.2) is 11.5 Å². The summed E-state index contributed by atoms with van der Waals surface area (Å²) in [6, 6.07) is 14.2. The maximum atomic E-state index is 12.6. The van der Waals surface area contributed by atoms with Gasteiger partial charge in [-0.05, 0) is 23.6 Å². The molecule has 1 amide bonds. The first-order valence-corrected chi connectivity index (χ1v) is 10.4. The van der Waals surface area contributed by atoms with Gasteiger partial charge in [-0.1, -0.05) is 30.3 Å². The second-order valence-electron chi connectivity index (χ2n) is 6.70. The number of hydrogen-bond acceptors (Lipinski definition) is 5. The van der Waals surface area contributed by atoms with Gasteiger partial charge < -0.3 is 14.4 Å². The molecule has 0 spiro atoms. The van der Waals surface area contributed by atoms with E-state index in [1.54, 1.807) is 11.0 Å². The molecular formula is C20H24N2O5S. The Hall–Kier alpha value is -2.58. The Balaban J connectivity index is 1.61. The number of nitrogens with one attached hydrogen (secondary N) is 1. The third kappa shape index (κ3) is 4.63. The highest BCUT2D eigenvalue weighted by molar-refractivity contribution is 7.89. The highest BCUT2D eigenvalue weighted by Gasteiger charge is 2.30. The largest absolute Gasteiger partial charge is 0.493 e. The van der Waals surface area contributed by atoms with Crippen LogP contribution in [0.25, 0.3) is 0 Å². The Kier molecular flexibility index (Phi) is 6.21. The lowest BCUT2D eigenvalue weighted by Crippen LogP contribution is -2.31. The van der Waals surface area contributed by atoms with Crippen LogP contribution in [0.3, 0.4) is 0 Å². The second-order valence-corrected chi connectivity index (χ2v) is 8.47. The molecule has 1 N–H and O–H groups in total. The third-order valence-corrected chi connectivity index (χ3v) is 6.16.